The van der Waals surface area contributed by atoms with Crippen molar-refractivity contribution in [2.75, 3.05) is 30.5 Å². The Morgan fingerprint density at radius 2 is 1.96 bits per heavy atom. The van der Waals surface area contributed by atoms with E-state index in [0.29, 0.717) is 23.6 Å². The molecule has 0 atom stereocenters. The van der Waals surface area contributed by atoms with Crippen molar-refractivity contribution < 1.29 is 19.1 Å². The first-order valence-corrected chi connectivity index (χ1v) is 8.63. The molecule has 2 amide bonds. The zero-order valence-corrected chi connectivity index (χ0v) is 14.7. The van der Waals surface area contributed by atoms with E-state index in [2.05, 4.69) is 5.32 Å². The number of rotatable bonds is 7. The molecule has 6 heteroatoms. The molecule has 0 aliphatic carbocycles. The van der Waals surface area contributed by atoms with E-state index in [9.17, 15) is 9.59 Å². The lowest BCUT2D eigenvalue weighted by atomic mass is 10.2. The first-order chi connectivity index (χ1) is 12.7. The van der Waals surface area contributed by atoms with Crippen molar-refractivity contribution in [1.82, 2.24) is 0 Å². The predicted octanol–water partition coefficient (Wildman–Crippen LogP) is 3.23. The highest BCUT2D eigenvalue weighted by Crippen LogP contribution is 2.26. The molecule has 136 valence electrons. The average Bonchev–Trinajstić information content (AvgIpc) is 3.08. The van der Waals surface area contributed by atoms with Crippen LogP contribution in [-0.2, 0) is 9.59 Å². The van der Waals surface area contributed by atoms with Crippen LogP contribution in [0, 0.1) is 0 Å². The number of benzene rings is 2. The van der Waals surface area contributed by atoms with E-state index < -0.39 is 0 Å². The van der Waals surface area contributed by atoms with Gasteiger partial charge < -0.3 is 19.7 Å². The third kappa shape index (κ3) is 4.33. The van der Waals surface area contributed by atoms with Crippen molar-refractivity contribution in [2.24, 2.45) is 0 Å². The molecule has 3 rings (SSSR count). The maximum absolute atomic E-state index is 12.2. The second kappa shape index (κ2) is 8.38. The van der Waals surface area contributed by atoms with Gasteiger partial charge in [-0.2, -0.15) is 0 Å². The van der Waals surface area contributed by atoms with Crippen molar-refractivity contribution in [3.05, 3.63) is 48.5 Å². The minimum Gasteiger partial charge on any atom is -0.493 e. The molecule has 1 heterocycles. The van der Waals surface area contributed by atoms with Crippen LogP contribution in [0.3, 0.4) is 0 Å². The summed E-state index contributed by atoms with van der Waals surface area (Å²) in [5, 5.41) is 2.85. The van der Waals surface area contributed by atoms with Crippen LogP contribution in [0.2, 0.25) is 0 Å². The van der Waals surface area contributed by atoms with Crippen LogP contribution in [0.4, 0.5) is 11.4 Å². The molecule has 2 aromatic rings. The molecule has 0 radical (unpaired) electrons. The molecule has 6 nitrogen and oxygen atoms in total. The highest BCUT2D eigenvalue weighted by Gasteiger charge is 2.21. The zero-order chi connectivity index (χ0) is 18.4. The Morgan fingerprint density at radius 3 is 2.69 bits per heavy atom. The number of nitrogens with one attached hydrogen (secondary N) is 1. The van der Waals surface area contributed by atoms with Gasteiger partial charge in [-0.25, -0.2) is 0 Å². The molecule has 1 saturated heterocycles. The normalized spacial score (nSPS) is 13.6. The summed E-state index contributed by atoms with van der Waals surface area (Å²) < 4.78 is 10.8. The second-order valence-corrected chi connectivity index (χ2v) is 6.00. The molecule has 1 aliphatic heterocycles. The van der Waals surface area contributed by atoms with Crippen molar-refractivity contribution >= 4 is 23.2 Å². The average molecular weight is 354 g/mol. The van der Waals surface area contributed by atoms with Crippen molar-refractivity contribution in [1.29, 1.82) is 0 Å². The topological polar surface area (TPSA) is 67.9 Å². The molecule has 0 unspecified atom stereocenters. The number of carbonyl (C=O) groups is 2. The van der Waals surface area contributed by atoms with Gasteiger partial charge in [-0.1, -0.05) is 18.2 Å². The van der Waals surface area contributed by atoms with Crippen LogP contribution in [-0.4, -0.2) is 32.1 Å². The molecule has 1 N–H and O–H groups in total. The van der Waals surface area contributed by atoms with Gasteiger partial charge in [0.25, 0.3) is 0 Å². The number of para-hydroxylation sites is 2. The van der Waals surface area contributed by atoms with E-state index >= 15 is 0 Å². The lowest BCUT2D eigenvalue weighted by Gasteiger charge is -2.17. The van der Waals surface area contributed by atoms with Gasteiger partial charge in [-0.3, -0.25) is 9.59 Å². The lowest BCUT2D eigenvalue weighted by molar-refractivity contribution is -0.117. The molecule has 0 saturated carbocycles. The molecule has 1 fully saturated rings. The second-order valence-electron chi connectivity index (χ2n) is 6.00. The van der Waals surface area contributed by atoms with Crippen LogP contribution in [0.5, 0.6) is 11.5 Å². The quantitative estimate of drug-likeness (QED) is 0.829. The van der Waals surface area contributed by atoms with Gasteiger partial charge in [-0.15, -0.1) is 0 Å². The molecule has 26 heavy (non-hydrogen) atoms. The third-order valence-corrected chi connectivity index (χ3v) is 4.17. The number of anilines is 2. The maximum Gasteiger partial charge on any atom is 0.227 e. The Bertz CT molecular complexity index is 791. The number of nitrogens with zero attached hydrogens (tertiary/aromatic N) is 1. The Hall–Kier alpha value is -3.02. The highest BCUT2D eigenvalue weighted by molar-refractivity contribution is 5.97. The van der Waals surface area contributed by atoms with Crippen LogP contribution in [0.1, 0.15) is 19.3 Å². The summed E-state index contributed by atoms with van der Waals surface area (Å²) in [5.41, 5.74) is 1.49. The van der Waals surface area contributed by atoms with Gasteiger partial charge in [0.1, 0.15) is 0 Å². The minimum atomic E-state index is -0.148. The minimum absolute atomic E-state index is 0.124. The summed E-state index contributed by atoms with van der Waals surface area (Å²) in [6, 6.07) is 14.7. The number of methoxy groups -OCH3 is 1. The summed E-state index contributed by atoms with van der Waals surface area (Å²) >= 11 is 0. The number of carbonyl (C=O) groups excluding carboxylic acids is 2. The number of ether oxygens (including phenoxy) is 2. The van der Waals surface area contributed by atoms with Crippen LogP contribution < -0.4 is 19.7 Å². The van der Waals surface area contributed by atoms with E-state index in [-0.39, 0.29) is 24.8 Å². The standard InChI is InChI=1S/C20H22N2O4/c1-25-17-8-2-3-9-18(17)26-13-11-19(23)21-15-6-4-7-16(14-15)22-12-5-10-20(22)24/h2-4,6-9,14H,5,10-13H2,1H3,(H,21,23). The smallest absolute Gasteiger partial charge is 0.227 e. The molecule has 0 aromatic heterocycles. The first-order valence-electron chi connectivity index (χ1n) is 8.63. The Labute approximate surface area is 152 Å². The van der Waals surface area contributed by atoms with Crippen molar-refractivity contribution in [3.63, 3.8) is 0 Å². The fraction of sp³-hybridized carbons (Fsp3) is 0.300. The Morgan fingerprint density at radius 1 is 1.15 bits per heavy atom. The summed E-state index contributed by atoms with van der Waals surface area (Å²) in [7, 11) is 1.58. The van der Waals surface area contributed by atoms with Crippen molar-refractivity contribution in [2.45, 2.75) is 19.3 Å². The summed E-state index contributed by atoms with van der Waals surface area (Å²) in [6.45, 7) is 0.972. The van der Waals surface area contributed by atoms with Crippen LogP contribution >= 0.6 is 0 Å². The fourth-order valence-corrected chi connectivity index (χ4v) is 2.89. The van der Waals surface area contributed by atoms with E-state index in [1.165, 1.54) is 0 Å². The van der Waals surface area contributed by atoms with E-state index in [4.69, 9.17) is 9.47 Å². The number of amides is 2. The Balaban J connectivity index is 1.53. The monoisotopic (exact) mass is 354 g/mol. The fourth-order valence-electron chi connectivity index (χ4n) is 2.89. The summed E-state index contributed by atoms with van der Waals surface area (Å²) in [6.07, 6.45) is 1.66. The van der Waals surface area contributed by atoms with E-state index in [0.717, 1.165) is 18.7 Å². The lowest BCUT2D eigenvalue weighted by Crippen LogP contribution is -2.23. The number of hydrogen-bond acceptors (Lipinski definition) is 4. The summed E-state index contributed by atoms with van der Waals surface area (Å²) in [5.74, 6) is 1.22. The molecule has 0 bridgehead atoms. The molecular weight excluding hydrogens is 332 g/mol. The predicted molar refractivity (Wildman–Crippen MR) is 99.8 cm³/mol. The highest BCUT2D eigenvalue weighted by atomic mass is 16.5. The molecule has 1 aliphatic rings. The number of hydrogen-bond donors (Lipinski definition) is 1. The molecule has 2 aromatic carbocycles. The van der Waals surface area contributed by atoms with Crippen LogP contribution in [0.25, 0.3) is 0 Å². The van der Waals surface area contributed by atoms with E-state index in [1.54, 1.807) is 24.1 Å². The van der Waals surface area contributed by atoms with E-state index in [1.807, 2.05) is 36.4 Å². The van der Waals surface area contributed by atoms with Gasteiger partial charge in [0.15, 0.2) is 11.5 Å². The SMILES string of the molecule is COc1ccccc1OCCC(=O)Nc1cccc(N2CCCC2=O)c1. The Kier molecular flexibility index (Phi) is 5.73. The molecule has 0 spiro atoms. The van der Waals surface area contributed by atoms with Crippen molar-refractivity contribution in [3.8, 4) is 11.5 Å². The van der Waals surface area contributed by atoms with Gasteiger partial charge >= 0.3 is 0 Å². The van der Waals surface area contributed by atoms with Crippen LogP contribution in [0.15, 0.2) is 48.5 Å². The maximum atomic E-state index is 12.2. The first kappa shape index (κ1) is 17.8. The summed E-state index contributed by atoms with van der Waals surface area (Å²) in [4.78, 5) is 25.8. The third-order valence-electron chi connectivity index (χ3n) is 4.17. The zero-order valence-electron chi connectivity index (χ0n) is 14.7. The van der Waals surface area contributed by atoms with Gasteiger partial charge in [0, 0.05) is 24.3 Å². The van der Waals surface area contributed by atoms with Gasteiger partial charge in [-0.05, 0) is 36.8 Å². The van der Waals surface area contributed by atoms with Gasteiger partial charge in [0.05, 0.1) is 20.1 Å². The van der Waals surface area contributed by atoms with Gasteiger partial charge in [0.2, 0.25) is 11.8 Å². The largest absolute Gasteiger partial charge is 0.493 e. The molecular formula is C20H22N2O4.